The summed E-state index contributed by atoms with van der Waals surface area (Å²) in [7, 11) is -6.13. The van der Waals surface area contributed by atoms with Crippen LogP contribution in [0.5, 0.6) is 0 Å². The van der Waals surface area contributed by atoms with Crippen molar-refractivity contribution in [1.82, 2.24) is 20.0 Å². The maximum atomic E-state index is 13.3. The first-order chi connectivity index (χ1) is 23.4. The van der Waals surface area contributed by atoms with E-state index >= 15 is 0 Å². The Hall–Kier alpha value is -3.43. The molecular formula is C36H60N6O7SSi. The average Bonchev–Trinajstić information content (AvgIpc) is 3.42. The highest BCUT2D eigenvalue weighted by molar-refractivity contribution is 7.90. The molecule has 2 unspecified atom stereocenters. The quantitative estimate of drug-likeness (QED) is 0.108. The third-order valence-corrected chi connectivity index (χ3v) is 14.7. The zero-order chi connectivity index (χ0) is 38.3. The van der Waals surface area contributed by atoms with Crippen LogP contribution in [0.1, 0.15) is 112 Å². The lowest BCUT2D eigenvalue weighted by Gasteiger charge is -2.38. The van der Waals surface area contributed by atoms with Crippen molar-refractivity contribution in [3.8, 4) is 0 Å². The lowest BCUT2D eigenvalue weighted by Crippen LogP contribution is -2.43. The first-order valence-electron chi connectivity index (χ1n) is 17.8. The molecule has 0 bridgehead atoms. The highest BCUT2D eigenvalue weighted by atomic mass is 32.2. The number of benzene rings is 1. The van der Waals surface area contributed by atoms with Crippen LogP contribution in [0.4, 0.5) is 26.9 Å². The number of hydrogen-bond acceptors (Lipinski definition) is 11. The van der Waals surface area contributed by atoms with Crippen molar-refractivity contribution in [3.63, 3.8) is 0 Å². The van der Waals surface area contributed by atoms with E-state index in [-0.39, 0.29) is 16.0 Å². The van der Waals surface area contributed by atoms with Crippen LogP contribution in [-0.2, 0) is 23.9 Å². The maximum Gasteiger partial charge on any atom is 0.421 e. The topological polar surface area (TPSA) is 170 Å². The van der Waals surface area contributed by atoms with Gasteiger partial charge in [-0.05, 0) is 128 Å². The second-order valence-electron chi connectivity index (χ2n) is 16.7. The van der Waals surface area contributed by atoms with Crippen LogP contribution in [0.15, 0.2) is 35.5 Å². The van der Waals surface area contributed by atoms with Crippen LogP contribution in [0.25, 0.3) is 0 Å². The average molecular weight is 749 g/mol. The molecule has 1 aromatic carbocycles. The van der Waals surface area contributed by atoms with E-state index in [9.17, 15) is 18.0 Å². The van der Waals surface area contributed by atoms with Crippen molar-refractivity contribution >= 4 is 47.9 Å². The number of carbonyl (C=O) groups excluding carboxylic acids is 2. The standard InChI is InChI=1S/C36H60N6O7SSi/c1-34(2,3)47-32(43)38-20-14-12-13-19-37-29-22-27(16-18-30(29)50(45,46)42-33(44)48-35(4,5)6)41-31-39-23-26(24-40-31)25-15-17-28(21-25)49-51(10,11)36(7,8)9/h16,18,22-25,28,37H,12-15,17,19-21H2,1-11H3,(H,38,43)(H,42,44)(H,39,40,41). The van der Waals surface area contributed by atoms with Crippen LogP contribution < -0.4 is 20.7 Å². The van der Waals surface area contributed by atoms with Crippen LogP contribution in [0, 0.1) is 0 Å². The lowest BCUT2D eigenvalue weighted by molar-refractivity contribution is 0.0523. The van der Waals surface area contributed by atoms with Gasteiger partial charge in [0.15, 0.2) is 8.32 Å². The summed E-state index contributed by atoms with van der Waals surface area (Å²) in [6, 6.07) is 4.65. The van der Waals surface area contributed by atoms with Gasteiger partial charge in [0, 0.05) is 37.3 Å². The summed E-state index contributed by atoms with van der Waals surface area (Å²) >= 11 is 0. The Balaban J connectivity index is 1.67. The number of nitrogens with one attached hydrogen (secondary N) is 4. The molecule has 0 spiro atoms. The Morgan fingerprint density at radius 2 is 1.47 bits per heavy atom. The molecular weight excluding hydrogens is 689 g/mol. The van der Waals surface area contributed by atoms with E-state index in [4.69, 9.17) is 13.9 Å². The van der Waals surface area contributed by atoms with Gasteiger partial charge in [0.25, 0.3) is 10.0 Å². The number of anilines is 3. The molecule has 3 rings (SSSR count). The molecule has 2 amide bonds. The summed E-state index contributed by atoms with van der Waals surface area (Å²) in [4.78, 5) is 33.3. The molecule has 4 N–H and O–H groups in total. The molecule has 1 aliphatic rings. The number of amides is 2. The van der Waals surface area contributed by atoms with E-state index in [1.165, 1.54) is 6.07 Å². The van der Waals surface area contributed by atoms with Gasteiger partial charge in [-0.2, -0.15) is 0 Å². The number of sulfonamides is 1. The van der Waals surface area contributed by atoms with Gasteiger partial charge in [-0.25, -0.2) is 32.7 Å². The SMILES string of the molecule is CC(C)(C)OC(=O)NCCCCCNc1cc(Nc2ncc(C3CCC(O[Si](C)(C)C(C)(C)C)C3)cn2)ccc1S(=O)(=O)NC(=O)OC(C)(C)C. The molecule has 51 heavy (non-hydrogen) atoms. The second-order valence-corrected chi connectivity index (χ2v) is 23.1. The normalized spacial score (nSPS) is 17.1. The fourth-order valence-electron chi connectivity index (χ4n) is 5.28. The van der Waals surface area contributed by atoms with Crippen LogP contribution >= 0.6 is 0 Å². The Bertz CT molecular complexity index is 1580. The number of unbranched alkanes of at least 4 members (excludes halogenated alkanes) is 2. The summed E-state index contributed by atoms with van der Waals surface area (Å²) in [5.74, 6) is 0.705. The fourth-order valence-corrected chi connectivity index (χ4v) is 7.72. The summed E-state index contributed by atoms with van der Waals surface area (Å²) < 4.78 is 45.7. The largest absolute Gasteiger partial charge is 0.444 e. The second kappa shape index (κ2) is 16.9. The highest BCUT2D eigenvalue weighted by Crippen LogP contribution is 2.42. The first-order valence-corrected chi connectivity index (χ1v) is 22.2. The summed E-state index contributed by atoms with van der Waals surface area (Å²) in [5.41, 5.74) is 0.481. The van der Waals surface area contributed by atoms with E-state index in [2.05, 4.69) is 59.8 Å². The first kappa shape index (κ1) is 42.0. The van der Waals surface area contributed by atoms with Crippen molar-refractivity contribution in [2.45, 2.75) is 147 Å². The number of ether oxygens (including phenoxy) is 2. The van der Waals surface area contributed by atoms with E-state index in [1.807, 2.05) is 17.1 Å². The molecule has 1 saturated carbocycles. The van der Waals surface area contributed by atoms with Gasteiger partial charge in [-0.15, -0.1) is 0 Å². The number of rotatable bonds is 14. The number of nitrogens with zero attached hydrogens (tertiary/aromatic N) is 2. The molecule has 0 aliphatic heterocycles. The molecule has 1 aliphatic carbocycles. The Labute approximate surface area is 306 Å². The predicted molar refractivity (Wildman–Crippen MR) is 204 cm³/mol. The Kier molecular flexibility index (Phi) is 13.9. The molecule has 0 radical (unpaired) electrons. The fraction of sp³-hybridized carbons (Fsp3) is 0.667. The van der Waals surface area contributed by atoms with Gasteiger partial charge >= 0.3 is 12.2 Å². The van der Waals surface area contributed by atoms with E-state index in [0.29, 0.717) is 49.2 Å². The third-order valence-electron chi connectivity index (χ3n) is 8.77. The van der Waals surface area contributed by atoms with Crippen LogP contribution in [0.3, 0.4) is 0 Å². The van der Waals surface area contributed by atoms with Gasteiger partial charge in [0.2, 0.25) is 5.95 Å². The summed E-state index contributed by atoms with van der Waals surface area (Å²) in [6.07, 6.45) is 7.57. The van der Waals surface area contributed by atoms with Gasteiger partial charge in [-0.3, -0.25) is 0 Å². The van der Waals surface area contributed by atoms with Gasteiger partial charge in [-0.1, -0.05) is 20.8 Å². The van der Waals surface area contributed by atoms with Crippen molar-refractivity contribution in [2.75, 3.05) is 23.7 Å². The van der Waals surface area contributed by atoms with Crippen LogP contribution in [-0.4, -0.2) is 69.3 Å². The Morgan fingerprint density at radius 3 is 2.08 bits per heavy atom. The molecule has 1 fully saturated rings. The van der Waals surface area contributed by atoms with Gasteiger partial charge < -0.3 is 29.9 Å². The van der Waals surface area contributed by atoms with Gasteiger partial charge in [0.05, 0.1) is 5.69 Å². The minimum absolute atomic E-state index is 0.113. The molecule has 1 aromatic heterocycles. The van der Waals surface area contributed by atoms with Crippen molar-refractivity contribution in [3.05, 3.63) is 36.2 Å². The number of alkyl carbamates (subject to hydrolysis) is 1. The zero-order valence-corrected chi connectivity index (χ0v) is 34.2. The molecule has 1 heterocycles. The van der Waals surface area contributed by atoms with E-state index in [0.717, 1.165) is 31.2 Å². The van der Waals surface area contributed by atoms with Crippen LogP contribution in [0.2, 0.25) is 18.1 Å². The van der Waals surface area contributed by atoms with E-state index in [1.54, 1.807) is 53.7 Å². The summed E-state index contributed by atoms with van der Waals surface area (Å²) in [5, 5.41) is 9.27. The summed E-state index contributed by atoms with van der Waals surface area (Å²) in [6.45, 7) is 22.6. The molecule has 2 atom stereocenters. The predicted octanol–water partition coefficient (Wildman–Crippen LogP) is 8.20. The lowest BCUT2D eigenvalue weighted by atomic mass is 10.0. The smallest absolute Gasteiger partial charge is 0.421 e. The number of aromatic nitrogens is 2. The molecule has 0 saturated heterocycles. The number of hydrogen-bond donors (Lipinski definition) is 4. The third kappa shape index (κ3) is 13.9. The number of carbonyl (C=O) groups is 2. The monoisotopic (exact) mass is 748 g/mol. The van der Waals surface area contributed by atoms with Crippen molar-refractivity contribution in [1.29, 1.82) is 0 Å². The minimum atomic E-state index is -4.28. The van der Waals surface area contributed by atoms with E-state index < -0.39 is 41.7 Å². The highest BCUT2D eigenvalue weighted by Gasteiger charge is 2.41. The van der Waals surface area contributed by atoms with Crippen molar-refractivity contribution in [2.24, 2.45) is 0 Å². The maximum absolute atomic E-state index is 13.3. The Morgan fingerprint density at radius 1 is 0.863 bits per heavy atom. The van der Waals surface area contributed by atoms with Gasteiger partial charge in [0.1, 0.15) is 16.1 Å². The molecule has 286 valence electrons. The molecule has 15 heteroatoms. The van der Waals surface area contributed by atoms with Crippen molar-refractivity contribution < 1.29 is 31.9 Å². The minimum Gasteiger partial charge on any atom is -0.444 e. The molecule has 13 nitrogen and oxygen atoms in total. The molecule has 2 aromatic rings. The zero-order valence-electron chi connectivity index (χ0n) is 32.4.